The quantitative estimate of drug-likeness (QED) is 0.368. The van der Waals surface area contributed by atoms with Gasteiger partial charge >= 0.3 is 0 Å². The van der Waals surface area contributed by atoms with Crippen molar-refractivity contribution >= 4 is 38.3 Å². The minimum Gasteiger partial charge on any atom is -0.497 e. The van der Waals surface area contributed by atoms with Crippen LogP contribution in [-0.4, -0.2) is 36.2 Å². The molecule has 0 bridgehead atoms. The molecule has 1 N–H and O–H groups in total. The van der Waals surface area contributed by atoms with Crippen molar-refractivity contribution < 1.29 is 22.7 Å². The Balaban J connectivity index is 1.77. The van der Waals surface area contributed by atoms with Gasteiger partial charge in [-0.05, 0) is 42.5 Å². The molecule has 2 aromatic heterocycles. The average molecular weight is 435 g/mol. The Kier molecular flexibility index (Phi) is 5.26. The minimum absolute atomic E-state index is 0.0146. The smallest absolute Gasteiger partial charge is 0.296 e. The van der Waals surface area contributed by atoms with E-state index in [2.05, 4.69) is 10.3 Å². The number of fused-ring (bicyclic) bond motifs is 1. The normalized spacial score (nSPS) is 11.3. The van der Waals surface area contributed by atoms with E-state index in [1.54, 1.807) is 36.4 Å². The van der Waals surface area contributed by atoms with Crippen LogP contribution in [0, 0.1) is 0 Å². The second-order valence-corrected chi connectivity index (χ2v) is 8.37. The fourth-order valence-corrected chi connectivity index (χ4v) is 4.51. The maximum atomic E-state index is 13.2. The number of benzene rings is 2. The number of amides is 1. The molecule has 0 fully saturated rings. The first-order valence-electron chi connectivity index (χ1n) is 9.17. The van der Waals surface area contributed by atoms with Crippen molar-refractivity contribution in [1.82, 2.24) is 8.96 Å². The van der Waals surface area contributed by atoms with E-state index in [4.69, 9.17) is 4.74 Å². The summed E-state index contributed by atoms with van der Waals surface area (Å²) in [6.45, 7) is 0. The summed E-state index contributed by atoms with van der Waals surface area (Å²) < 4.78 is 32.6. The van der Waals surface area contributed by atoms with Crippen molar-refractivity contribution in [2.45, 2.75) is 4.90 Å². The first kappa shape index (κ1) is 20.3. The van der Waals surface area contributed by atoms with Crippen molar-refractivity contribution in [1.29, 1.82) is 0 Å². The van der Waals surface area contributed by atoms with E-state index < -0.39 is 21.7 Å². The molecule has 9 heteroatoms. The highest BCUT2D eigenvalue weighted by molar-refractivity contribution is 7.90. The summed E-state index contributed by atoms with van der Waals surface area (Å²) >= 11 is 0. The number of ketones is 1. The van der Waals surface area contributed by atoms with E-state index in [0.717, 1.165) is 3.97 Å². The second kappa shape index (κ2) is 8.04. The van der Waals surface area contributed by atoms with Crippen LogP contribution in [0.15, 0.2) is 84.1 Å². The largest absolute Gasteiger partial charge is 0.497 e. The molecule has 31 heavy (non-hydrogen) atoms. The lowest BCUT2D eigenvalue weighted by Crippen LogP contribution is -2.22. The number of hydrogen-bond acceptors (Lipinski definition) is 6. The highest BCUT2D eigenvalue weighted by Crippen LogP contribution is 2.27. The van der Waals surface area contributed by atoms with Gasteiger partial charge in [0, 0.05) is 29.7 Å². The summed E-state index contributed by atoms with van der Waals surface area (Å²) in [6, 6.07) is 15.5. The molecular weight excluding hydrogens is 418 g/mol. The number of ether oxygens (including phenoxy) is 1. The molecule has 4 rings (SSSR count). The van der Waals surface area contributed by atoms with E-state index in [9.17, 15) is 18.0 Å². The van der Waals surface area contributed by atoms with Crippen LogP contribution in [0.2, 0.25) is 0 Å². The lowest BCUT2D eigenvalue weighted by atomic mass is 10.1. The number of hydrogen-bond donors (Lipinski definition) is 1. The second-order valence-electron chi connectivity index (χ2n) is 6.56. The van der Waals surface area contributed by atoms with Crippen molar-refractivity contribution in [2.24, 2.45) is 0 Å². The van der Waals surface area contributed by atoms with E-state index >= 15 is 0 Å². The van der Waals surface area contributed by atoms with E-state index in [1.807, 2.05) is 0 Å². The number of Topliss-reactive ketones (excluding diaryl/α,β-unsaturated/α-hetero) is 1. The Bertz CT molecular complexity index is 1380. The number of carbonyl (C=O) groups is 2. The lowest BCUT2D eigenvalue weighted by Gasteiger charge is -2.08. The summed E-state index contributed by atoms with van der Waals surface area (Å²) in [5.74, 6) is -1.22. The average Bonchev–Trinajstić information content (AvgIpc) is 3.20. The fraction of sp³-hybridized carbons (Fsp3) is 0.0455. The Labute approximate surface area is 178 Å². The predicted octanol–water partition coefficient (Wildman–Crippen LogP) is 3.10. The molecule has 156 valence electrons. The molecular formula is C22H17N3O5S. The number of nitrogens with zero attached hydrogens (tertiary/aromatic N) is 2. The van der Waals surface area contributed by atoms with Crippen LogP contribution in [0.4, 0.5) is 5.69 Å². The van der Waals surface area contributed by atoms with E-state index in [-0.39, 0.29) is 10.5 Å². The topological polar surface area (TPSA) is 107 Å². The highest BCUT2D eigenvalue weighted by Gasteiger charge is 2.26. The molecule has 0 aliphatic rings. The van der Waals surface area contributed by atoms with Gasteiger partial charge in [0.2, 0.25) is 0 Å². The Hall–Kier alpha value is -3.98. The Morgan fingerprint density at radius 3 is 2.32 bits per heavy atom. The van der Waals surface area contributed by atoms with Crippen molar-refractivity contribution in [3.05, 3.63) is 84.8 Å². The van der Waals surface area contributed by atoms with Crippen LogP contribution in [0.1, 0.15) is 10.4 Å². The third-order valence-corrected chi connectivity index (χ3v) is 6.37. The van der Waals surface area contributed by atoms with Crippen LogP contribution in [-0.2, 0) is 14.8 Å². The van der Waals surface area contributed by atoms with Gasteiger partial charge in [0.25, 0.3) is 21.7 Å². The summed E-state index contributed by atoms with van der Waals surface area (Å²) in [6.07, 6.45) is 4.14. The zero-order valence-corrected chi connectivity index (χ0v) is 17.2. The standard InChI is InChI=1S/C22H17N3O5S/c1-30-16-6-8-17(9-7-16)31(28,29)25-14-19(18-4-2-3-5-20(18)25)21(26)22(27)24-15-10-12-23-13-11-15/h2-14H,1H3,(H,23,24,27). The molecule has 0 atom stereocenters. The zero-order chi connectivity index (χ0) is 22.0. The SMILES string of the molecule is COc1ccc(S(=O)(=O)n2cc(C(=O)C(=O)Nc3ccncc3)c3ccccc32)cc1. The third-order valence-electron chi connectivity index (χ3n) is 4.68. The molecule has 2 aromatic carbocycles. The van der Waals surface area contributed by atoms with Gasteiger partial charge in [-0.25, -0.2) is 12.4 Å². The number of para-hydroxylation sites is 1. The van der Waals surface area contributed by atoms with Crippen LogP contribution in [0.25, 0.3) is 10.9 Å². The first-order chi connectivity index (χ1) is 14.9. The molecule has 1 amide bonds. The molecule has 0 aliphatic carbocycles. The predicted molar refractivity (Wildman–Crippen MR) is 115 cm³/mol. The molecule has 0 saturated carbocycles. The summed E-state index contributed by atoms with van der Waals surface area (Å²) in [4.78, 5) is 29.2. The van der Waals surface area contributed by atoms with Crippen molar-refractivity contribution in [3.63, 3.8) is 0 Å². The monoisotopic (exact) mass is 435 g/mol. The number of aromatic nitrogens is 2. The summed E-state index contributed by atoms with van der Waals surface area (Å²) in [5, 5.41) is 2.85. The lowest BCUT2D eigenvalue weighted by molar-refractivity contribution is -0.112. The van der Waals surface area contributed by atoms with Gasteiger partial charge in [-0.3, -0.25) is 14.6 Å². The van der Waals surface area contributed by atoms with Gasteiger partial charge in [-0.15, -0.1) is 0 Å². The minimum atomic E-state index is -4.02. The fourth-order valence-electron chi connectivity index (χ4n) is 3.14. The molecule has 4 aromatic rings. The molecule has 0 saturated heterocycles. The molecule has 0 aliphatic heterocycles. The molecule has 0 unspecified atom stereocenters. The van der Waals surface area contributed by atoms with Crippen molar-refractivity contribution in [3.8, 4) is 5.75 Å². The summed E-state index contributed by atoms with van der Waals surface area (Å²) in [5.41, 5.74) is 0.681. The van der Waals surface area contributed by atoms with Crippen LogP contribution in [0.3, 0.4) is 0 Å². The maximum absolute atomic E-state index is 13.2. The van der Waals surface area contributed by atoms with Gasteiger partial charge in [0.15, 0.2) is 0 Å². The number of methoxy groups -OCH3 is 1. The first-order valence-corrected chi connectivity index (χ1v) is 10.6. The molecule has 0 spiro atoms. The number of rotatable bonds is 6. The number of anilines is 1. The zero-order valence-electron chi connectivity index (χ0n) is 16.3. The van der Waals surface area contributed by atoms with Crippen molar-refractivity contribution in [2.75, 3.05) is 12.4 Å². The number of nitrogens with one attached hydrogen (secondary N) is 1. The van der Waals surface area contributed by atoms with Crippen LogP contribution < -0.4 is 10.1 Å². The Morgan fingerprint density at radius 2 is 1.65 bits per heavy atom. The highest BCUT2D eigenvalue weighted by atomic mass is 32.2. The maximum Gasteiger partial charge on any atom is 0.296 e. The van der Waals surface area contributed by atoms with Gasteiger partial charge in [0.1, 0.15) is 5.75 Å². The van der Waals surface area contributed by atoms with E-state index in [0.29, 0.717) is 22.3 Å². The number of pyridine rings is 1. The molecule has 0 radical (unpaired) electrons. The van der Waals surface area contributed by atoms with Gasteiger partial charge in [-0.1, -0.05) is 18.2 Å². The van der Waals surface area contributed by atoms with E-state index in [1.165, 1.54) is 50.0 Å². The number of carbonyl (C=O) groups excluding carboxylic acids is 2. The van der Waals surface area contributed by atoms with Crippen LogP contribution >= 0.6 is 0 Å². The van der Waals surface area contributed by atoms with Gasteiger partial charge < -0.3 is 10.1 Å². The molecule has 8 nitrogen and oxygen atoms in total. The molecule has 2 heterocycles. The van der Waals surface area contributed by atoms with Gasteiger partial charge in [0.05, 0.1) is 23.1 Å². The third kappa shape index (κ3) is 3.78. The Morgan fingerprint density at radius 1 is 0.968 bits per heavy atom. The van der Waals surface area contributed by atoms with Crippen LogP contribution in [0.5, 0.6) is 5.75 Å². The van der Waals surface area contributed by atoms with Gasteiger partial charge in [-0.2, -0.15) is 0 Å². The summed E-state index contributed by atoms with van der Waals surface area (Å²) in [7, 11) is -2.53.